The minimum Gasteiger partial charge on any atom is -0.452 e. The van der Waals surface area contributed by atoms with Crippen molar-refractivity contribution in [1.29, 1.82) is 0 Å². The highest BCUT2D eigenvalue weighted by atomic mass is 79.9. The van der Waals surface area contributed by atoms with Crippen LogP contribution in [-0.4, -0.2) is 25.6 Å². The fourth-order valence-electron chi connectivity index (χ4n) is 2.47. The molecule has 0 heterocycles. The van der Waals surface area contributed by atoms with Crippen LogP contribution in [-0.2, 0) is 20.9 Å². The number of methoxy groups -OCH3 is 1. The predicted molar refractivity (Wildman–Crippen MR) is 103 cm³/mol. The van der Waals surface area contributed by atoms with E-state index in [4.69, 9.17) is 9.47 Å². The van der Waals surface area contributed by atoms with Gasteiger partial charge >= 0.3 is 5.97 Å². The summed E-state index contributed by atoms with van der Waals surface area (Å²) in [4.78, 5) is 24.2. The number of hydrogen-bond acceptors (Lipinski definition) is 4. The van der Waals surface area contributed by atoms with Gasteiger partial charge in [-0.05, 0) is 41.8 Å². The van der Waals surface area contributed by atoms with Crippen LogP contribution in [0.3, 0.4) is 0 Å². The van der Waals surface area contributed by atoms with E-state index in [1.807, 2.05) is 31.2 Å². The third-order valence-electron chi connectivity index (χ3n) is 3.85. The van der Waals surface area contributed by atoms with E-state index in [0.717, 1.165) is 22.0 Å². The molecule has 0 saturated heterocycles. The lowest BCUT2D eigenvalue weighted by Crippen LogP contribution is -2.32. The molecule has 2 aromatic carbocycles. The third kappa shape index (κ3) is 5.97. The molecule has 0 spiro atoms. The van der Waals surface area contributed by atoms with E-state index in [9.17, 15) is 9.59 Å². The number of carbonyl (C=O) groups excluding carboxylic acids is 2. The van der Waals surface area contributed by atoms with Crippen molar-refractivity contribution in [2.24, 2.45) is 0 Å². The zero-order valence-corrected chi connectivity index (χ0v) is 16.4. The van der Waals surface area contributed by atoms with Gasteiger partial charge in [-0.25, -0.2) is 4.79 Å². The average Bonchev–Trinajstić information content (AvgIpc) is 2.66. The lowest BCUT2D eigenvalue weighted by molar-refractivity contribution is -0.125. The third-order valence-corrected chi connectivity index (χ3v) is 4.38. The molecule has 1 amide bonds. The Hall–Kier alpha value is -2.18. The van der Waals surface area contributed by atoms with Gasteiger partial charge in [0, 0.05) is 11.6 Å². The smallest absolute Gasteiger partial charge is 0.338 e. The maximum Gasteiger partial charge on any atom is 0.338 e. The summed E-state index contributed by atoms with van der Waals surface area (Å²) in [5.41, 5.74) is 2.36. The maximum atomic E-state index is 12.1. The summed E-state index contributed by atoms with van der Waals surface area (Å²) in [6.07, 6.45) is 0.738. The molecule has 6 heteroatoms. The lowest BCUT2D eigenvalue weighted by Gasteiger charge is -2.17. The number of carbonyl (C=O) groups is 2. The number of esters is 1. The molecule has 2 rings (SSSR count). The number of halogens is 1. The molecule has 0 aliphatic heterocycles. The number of rotatable bonds is 8. The SMILES string of the molecule is CC[C@@H](NC(=O)COC(=O)c1ccc(COC)cc1)c1ccc(Br)cc1. The minimum absolute atomic E-state index is 0.123. The van der Waals surface area contributed by atoms with Gasteiger partial charge in [0.05, 0.1) is 18.2 Å². The van der Waals surface area contributed by atoms with E-state index in [-0.39, 0.29) is 18.6 Å². The quantitative estimate of drug-likeness (QED) is 0.656. The number of ether oxygens (including phenoxy) is 2. The summed E-state index contributed by atoms with van der Waals surface area (Å²) >= 11 is 3.39. The van der Waals surface area contributed by atoms with Gasteiger partial charge in [-0.1, -0.05) is 47.1 Å². The van der Waals surface area contributed by atoms with Crippen molar-refractivity contribution in [1.82, 2.24) is 5.32 Å². The molecule has 0 saturated carbocycles. The highest BCUT2D eigenvalue weighted by Crippen LogP contribution is 2.19. The van der Waals surface area contributed by atoms with E-state index in [1.54, 1.807) is 31.4 Å². The maximum absolute atomic E-state index is 12.1. The fourth-order valence-corrected chi connectivity index (χ4v) is 2.73. The predicted octanol–water partition coefficient (Wildman–Crippen LogP) is 4.02. The van der Waals surface area contributed by atoms with Gasteiger partial charge in [-0.3, -0.25) is 4.79 Å². The number of benzene rings is 2. The van der Waals surface area contributed by atoms with Gasteiger partial charge in [0.2, 0.25) is 0 Å². The standard InChI is InChI=1S/C20H22BrNO4/c1-3-18(15-8-10-17(21)11-9-15)22-19(23)13-26-20(24)16-6-4-14(5-7-16)12-25-2/h4-11,18H,3,12-13H2,1-2H3,(H,22,23)/t18-/m1/s1. The van der Waals surface area contributed by atoms with E-state index in [0.29, 0.717) is 12.2 Å². The molecule has 2 aromatic rings. The summed E-state index contributed by atoms with van der Waals surface area (Å²) in [7, 11) is 1.61. The molecule has 0 radical (unpaired) electrons. The first-order valence-electron chi connectivity index (χ1n) is 8.33. The number of amides is 1. The van der Waals surface area contributed by atoms with Gasteiger partial charge < -0.3 is 14.8 Å². The van der Waals surface area contributed by atoms with Crippen LogP contribution in [0.5, 0.6) is 0 Å². The first-order valence-corrected chi connectivity index (χ1v) is 9.12. The van der Waals surface area contributed by atoms with Crippen molar-refractivity contribution < 1.29 is 19.1 Å². The van der Waals surface area contributed by atoms with Crippen LogP contribution in [0, 0.1) is 0 Å². The van der Waals surface area contributed by atoms with Crippen molar-refractivity contribution >= 4 is 27.8 Å². The van der Waals surface area contributed by atoms with Crippen LogP contribution < -0.4 is 5.32 Å². The Morgan fingerprint density at radius 2 is 1.73 bits per heavy atom. The van der Waals surface area contributed by atoms with Gasteiger partial charge in [0.15, 0.2) is 6.61 Å². The summed E-state index contributed by atoms with van der Waals surface area (Å²) in [5, 5.41) is 2.89. The Bertz CT molecular complexity index is 728. The van der Waals surface area contributed by atoms with Gasteiger partial charge in [-0.2, -0.15) is 0 Å². The second kappa shape index (κ2) is 10.1. The van der Waals surface area contributed by atoms with E-state index in [1.165, 1.54) is 0 Å². The topological polar surface area (TPSA) is 64.6 Å². The normalized spacial score (nSPS) is 11.7. The molecule has 0 unspecified atom stereocenters. The Balaban J connectivity index is 1.86. The van der Waals surface area contributed by atoms with Crippen LogP contribution in [0.2, 0.25) is 0 Å². The summed E-state index contributed by atoms with van der Waals surface area (Å²) < 4.78 is 11.1. The first-order chi connectivity index (χ1) is 12.5. The number of nitrogens with one attached hydrogen (secondary N) is 1. The second-order valence-corrected chi connectivity index (χ2v) is 6.70. The Morgan fingerprint density at radius 1 is 1.08 bits per heavy atom. The largest absolute Gasteiger partial charge is 0.452 e. The summed E-state index contributed by atoms with van der Waals surface area (Å²) in [6, 6.07) is 14.5. The molecule has 1 N–H and O–H groups in total. The van der Waals surface area contributed by atoms with Crippen LogP contribution in [0.1, 0.15) is 40.9 Å². The van der Waals surface area contributed by atoms with E-state index >= 15 is 0 Å². The van der Waals surface area contributed by atoms with Gasteiger partial charge in [0.25, 0.3) is 5.91 Å². The second-order valence-electron chi connectivity index (χ2n) is 5.79. The molecule has 0 aromatic heterocycles. The van der Waals surface area contributed by atoms with E-state index < -0.39 is 5.97 Å². The van der Waals surface area contributed by atoms with Crippen molar-refractivity contribution in [3.8, 4) is 0 Å². The lowest BCUT2D eigenvalue weighted by atomic mass is 10.0. The van der Waals surface area contributed by atoms with Crippen LogP contribution in [0.25, 0.3) is 0 Å². The Labute approximate surface area is 161 Å². The van der Waals surface area contributed by atoms with Crippen molar-refractivity contribution in [2.75, 3.05) is 13.7 Å². The summed E-state index contributed by atoms with van der Waals surface area (Å²) in [5.74, 6) is -0.857. The van der Waals surface area contributed by atoms with Crippen molar-refractivity contribution in [3.63, 3.8) is 0 Å². The molecule has 1 atom stereocenters. The van der Waals surface area contributed by atoms with Crippen LogP contribution in [0.4, 0.5) is 0 Å². The number of hydrogen-bond donors (Lipinski definition) is 1. The molecule has 0 bridgehead atoms. The Morgan fingerprint density at radius 3 is 2.31 bits per heavy atom. The van der Waals surface area contributed by atoms with Crippen molar-refractivity contribution in [2.45, 2.75) is 26.0 Å². The molecular formula is C20H22BrNO4. The van der Waals surface area contributed by atoms with E-state index in [2.05, 4.69) is 21.2 Å². The average molecular weight is 420 g/mol. The van der Waals surface area contributed by atoms with Crippen LogP contribution >= 0.6 is 15.9 Å². The molecule has 5 nitrogen and oxygen atoms in total. The zero-order chi connectivity index (χ0) is 18.9. The highest BCUT2D eigenvalue weighted by molar-refractivity contribution is 9.10. The molecule has 138 valence electrons. The minimum atomic E-state index is -0.527. The first kappa shape index (κ1) is 20.1. The van der Waals surface area contributed by atoms with Crippen LogP contribution in [0.15, 0.2) is 53.0 Å². The summed E-state index contributed by atoms with van der Waals surface area (Å²) in [6.45, 7) is 2.15. The molecule has 0 aliphatic carbocycles. The molecule has 26 heavy (non-hydrogen) atoms. The fraction of sp³-hybridized carbons (Fsp3) is 0.300. The van der Waals surface area contributed by atoms with Gasteiger partial charge in [-0.15, -0.1) is 0 Å². The zero-order valence-electron chi connectivity index (χ0n) is 14.8. The van der Waals surface area contributed by atoms with Gasteiger partial charge in [0.1, 0.15) is 0 Å². The monoisotopic (exact) mass is 419 g/mol. The molecule has 0 fully saturated rings. The molecule has 0 aliphatic rings. The highest BCUT2D eigenvalue weighted by Gasteiger charge is 2.15. The Kier molecular flexibility index (Phi) is 7.81. The van der Waals surface area contributed by atoms with Crippen molar-refractivity contribution in [3.05, 3.63) is 69.7 Å². The molecular weight excluding hydrogens is 398 g/mol.